The van der Waals surface area contributed by atoms with Crippen molar-refractivity contribution in [2.24, 2.45) is 5.16 Å². The van der Waals surface area contributed by atoms with Crippen LogP contribution in [0.1, 0.15) is 45.7 Å². The highest BCUT2D eigenvalue weighted by atomic mass is 35.5. The highest BCUT2D eigenvalue weighted by Crippen LogP contribution is 2.27. The molecule has 0 atom stereocenters. The van der Waals surface area contributed by atoms with Gasteiger partial charge in [-0.1, -0.05) is 41.0 Å². The monoisotopic (exact) mass is 584 g/mol. The number of oxime groups is 1. The standard InChI is InChI=1S/C33H29ClN2O4S/c1-4-36(27-15-9-24(10-16-27)32(38)30-8-6-5-7-22(30)2)28-17-11-25(12-18-28)33(39)31(35-40-23(3)37)21-41-29-19-13-26(34)14-20-29/h5-20H,4,21H2,1-3H3/b35-31+. The average Bonchev–Trinajstić information content (AvgIpc) is 2.98. The lowest BCUT2D eigenvalue weighted by Crippen LogP contribution is -2.19. The average molecular weight is 585 g/mol. The Balaban J connectivity index is 1.50. The van der Waals surface area contributed by atoms with Crippen LogP contribution in [0.5, 0.6) is 0 Å². The van der Waals surface area contributed by atoms with E-state index in [1.807, 2.05) is 86.6 Å². The zero-order chi connectivity index (χ0) is 29.4. The van der Waals surface area contributed by atoms with E-state index in [1.165, 1.54) is 18.7 Å². The van der Waals surface area contributed by atoms with Crippen LogP contribution in [0, 0.1) is 6.92 Å². The maximum atomic E-state index is 13.3. The van der Waals surface area contributed by atoms with Gasteiger partial charge in [0, 0.05) is 57.2 Å². The van der Waals surface area contributed by atoms with Crippen molar-refractivity contribution >= 4 is 58.0 Å². The first-order chi connectivity index (χ1) is 19.8. The van der Waals surface area contributed by atoms with Gasteiger partial charge in [0.25, 0.3) is 0 Å². The van der Waals surface area contributed by atoms with Gasteiger partial charge in [-0.25, -0.2) is 4.79 Å². The largest absolute Gasteiger partial charge is 0.342 e. The summed E-state index contributed by atoms with van der Waals surface area (Å²) in [5, 5.41) is 4.45. The number of benzene rings is 4. The number of nitrogens with zero attached hydrogens (tertiary/aromatic N) is 2. The summed E-state index contributed by atoms with van der Waals surface area (Å²) in [5.41, 5.74) is 4.60. The molecule has 4 rings (SSSR count). The summed E-state index contributed by atoms with van der Waals surface area (Å²) in [6, 6.07) is 29.5. The summed E-state index contributed by atoms with van der Waals surface area (Å²) in [4.78, 5) is 45.4. The van der Waals surface area contributed by atoms with E-state index in [-0.39, 0.29) is 23.0 Å². The Morgan fingerprint density at radius 1 is 0.829 bits per heavy atom. The Bertz CT molecular complexity index is 1570. The SMILES string of the molecule is CCN(c1ccc(C(=O)/C(CSc2ccc(Cl)cc2)=N/OC(C)=O)cc1)c1ccc(C(=O)c2ccccc2C)cc1. The van der Waals surface area contributed by atoms with E-state index in [4.69, 9.17) is 16.4 Å². The first-order valence-electron chi connectivity index (χ1n) is 13.0. The van der Waals surface area contributed by atoms with Gasteiger partial charge in [0.15, 0.2) is 5.78 Å². The number of halogens is 1. The first-order valence-corrected chi connectivity index (χ1v) is 14.4. The minimum atomic E-state index is -0.604. The molecule has 6 nitrogen and oxygen atoms in total. The van der Waals surface area contributed by atoms with Gasteiger partial charge in [-0.05, 0) is 92.2 Å². The Hall–Kier alpha value is -4.20. The molecule has 0 bridgehead atoms. The quantitative estimate of drug-likeness (QED) is 0.0586. The molecular formula is C33H29ClN2O4S. The Morgan fingerprint density at radius 3 is 1.98 bits per heavy atom. The summed E-state index contributed by atoms with van der Waals surface area (Å²) < 4.78 is 0. The summed E-state index contributed by atoms with van der Waals surface area (Å²) in [6.45, 7) is 5.87. The fraction of sp³-hybridized carbons (Fsp3) is 0.152. The molecule has 208 valence electrons. The number of hydrogen-bond acceptors (Lipinski definition) is 7. The Kier molecular flexibility index (Phi) is 10.1. The lowest BCUT2D eigenvalue weighted by molar-refractivity contribution is -0.140. The van der Waals surface area contributed by atoms with Gasteiger partial charge in [0.2, 0.25) is 5.78 Å². The molecule has 0 saturated heterocycles. The first kappa shape index (κ1) is 29.8. The Labute approximate surface area is 249 Å². The van der Waals surface area contributed by atoms with Gasteiger partial charge in [0.05, 0.1) is 0 Å². The van der Waals surface area contributed by atoms with Crippen LogP contribution in [-0.2, 0) is 9.63 Å². The number of thioether (sulfide) groups is 1. The summed E-state index contributed by atoms with van der Waals surface area (Å²) in [5.74, 6) is -0.737. The maximum Gasteiger partial charge on any atom is 0.331 e. The molecule has 8 heteroatoms. The molecule has 0 heterocycles. The van der Waals surface area contributed by atoms with E-state index < -0.39 is 5.97 Å². The number of anilines is 2. The van der Waals surface area contributed by atoms with E-state index in [0.29, 0.717) is 28.3 Å². The molecule has 41 heavy (non-hydrogen) atoms. The van der Waals surface area contributed by atoms with Crippen molar-refractivity contribution in [3.63, 3.8) is 0 Å². The number of rotatable bonds is 11. The van der Waals surface area contributed by atoms with Gasteiger partial charge in [-0.3, -0.25) is 9.59 Å². The van der Waals surface area contributed by atoms with Crippen molar-refractivity contribution in [2.75, 3.05) is 17.2 Å². The van der Waals surface area contributed by atoms with Crippen LogP contribution >= 0.6 is 23.4 Å². The van der Waals surface area contributed by atoms with E-state index in [0.717, 1.165) is 21.8 Å². The van der Waals surface area contributed by atoms with Crippen LogP contribution in [0.2, 0.25) is 5.02 Å². The van der Waals surface area contributed by atoms with Gasteiger partial charge in [0.1, 0.15) is 5.71 Å². The van der Waals surface area contributed by atoms with Crippen molar-refractivity contribution in [2.45, 2.75) is 25.7 Å². The normalized spacial score (nSPS) is 11.2. The second-order valence-corrected chi connectivity index (χ2v) is 10.7. The fourth-order valence-corrected chi connectivity index (χ4v) is 5.13. The minimum Gasteiger partial charge on any atom is -0.342 e. The lowest BCUT2D eigenvalue weighted by atomic mass is 9.99. The van der Waals surface area contributed by atoms with Crippen LogP contribution in [0.25, 0.3) is 0 Å². The topological polar surface area (TPSA) is 76.0 Å². The van der Waals surface area contributed by atoms with Crippen LogP contribution in [0.4, 0.5) is 11.4 Å². The summed E-state index contributed by atoms with van der Waals surface area (Å²) in [6.07, 6.45) is 0. The van der Waals surface area contributed by atoms with Crippen molar-refractivity contribution in [3.8, 4) is 0 Å². The number of ketones is 2. The summed E-state index contributed by atoms with van der Waals surface area (Å²) >= 11 is 7.35. The second-order valence-electron chi connectivity index (χ2n) is 9.17. The molecule has 0 unspecified atom stereocenters. The fourth-order valence-electron chi connectivity index (χ4n) is 4.18. The molecule has 0 aliphatic heterocycles. The number of carbonyl (C=O) groups excluding carboxylic acids is 3. The third-order valence-corrected chi connectivity index (χ3v) is 7.60. The number of aryl methyl sites for hydroxylation is 1. The molecule has 4 aromatic carbocycles. The lowest BCUT2D eigenvalue weighted by Gasteiger charge is -2.24. The number of carbonyl (C=O) groups is 3. The highest BCUT2D eigenvalue weighted by Gasteiger charge is 2.18. The molecule has 0 aliphatic carbocycles. The van der Waals surface area contributed by atoms with E-state index in [1.54, 1.807) is 24.3 Å². The molecule has 0 aliphatic rings. The Morgan fingerprint density at radius 2 is 1.41 bits per heavy atom. The van der Waals surface area contributed by atoms with Crippen molar-refractivity contribution < 1.29 is 19.2 Å². The van der Waals surface area contributed by atoms with Crippen LogP contribution in [-0.4, -0.2) is 35.5 Å². The van der Waals surface area contributed by atoms with Crippen molar-refractivity contribution in [1.29, 1.82) is 0 Å². The van der Waals surface area contributed by atoms with Gasteiger partial charge < -0.3 is 9.74 Å². The number of hydrogen-bond donors (Lipinski definition) is 0. The second kappa shape index (κ2) is 13.9. The van der Waals surface area contributed by atoms with Crippen LogP contribution in [0.3, 0.4) is 0 Å². The molecular weight excluding hydrogens is 556 g/mol. The zero-order valence-corrected chi connectivity index (χ0v) is 24.5. The van der Waals surface area contributed by atoms with Crippen LogP contribution < -0.4 is 4.90 Å². The zero-order valence-electron chi connectivity index (χ0n) is 23.0. The van der Waals surface area contributed by atoms with Gasteiger partial charge >= 0.3 is 5.97 Å². The van der Waals surface area contributed by atoms with Crippen molar-refractivity contribution in [3.05, 3.63) is 124 Å². The highest BCUT2D eigenvalue weighted by molar-refractivity contribution is 8.00. The molecule has 0 aromatic heterocycles. The maximum absolute atomic E-state index is 13.3. The molecule has 4 aromatic rings. The third kappa shape index (κ3) is 7.72. The van der Waals surface area contributed by atoms with E-state index >= 15 is 0 Å². The molecule has 0 fully saturated rings. The smallest absolute Gasteiger partial charge is 0.331 e. The third-order valence-electron chi connectivity index (χ3n) is 6.32. The number of Topliss-reactive ketones (excluding diaryl/α,β-unsaturated/α-hetero) is 1. The predicted molar refractivity (Wildman–Crippen MR) is 166 cm³/mol. The van der Waals surface area contributed by atoms with E-state index in [2.05, 4.69) is 10.1 Å². The molecule has 0 saturated carbocycles. The predicted octanol–water partition coefficient (Wildman–Crippen LogP) is 7.93. The molecule has 0 amide bonds. The van der Waals surface area contributed by atoms with Crippen molar-refractivity contribution in [1.82, 2.24) is 0 Å². The minimum absolute atomic E-state index is 0.0130. The van der Waals surface area contributed by atoms with Crippen LogP contribution in [0.15, 0.2) is 107 Å². The van der Waals surface area contributed by atoms with Gasteiger partial charge in [-0.2, -0.15) is 0 Å². The molecule has 0 spiro atoms. The van der Waals surface area contributed by atoms with Gasteiger partial charge in [-0.15, -0.1) is 11.8 Å². The summed E-state index contributed by atoms with van der Waals surface area (Å²) in [7, 11) is 0. The molecule has 0 N–H and O–H groups in total. The molecule has 0 radical (unpaired) electrons. The van der Waals surface area contributed by atoms with E-state index in [9.17, 15) is 14.4 Å².